The normalized spacial score (nSPS) is 16.5. The maximum atomic E-state index is 11.2. The molecule has 1 amide bonds. The molecule has 104 valence electrons. The smallest absolute Gasteiger partial charge is 0.224 e. The van der Waals surface area contributed by atoms with Gasteiger partial charge in [-0.15, -0.1) is 0 Å². The van der Waals surface area contributed by atoms with Crippen molar-refractivity contribution >= 4 is 23.3 Å². The summed E-state index contributed by atoms with van der Waals surface area (Å²) in [5, 5.41) is 3.57. The molecule has 1 fully saturated rings. The summed E-state index contributed by atoms with van der Waals surface area (Å²) in [7, 11) is 0. The quantitative estimate of drug-likeness (QED) is 0.863. The van der Waals surface area contributed by atoms with Gasteiger partial charge in [-0.3, -0.25) is 4.79 Å². The highest BCUT2D eigenvalue weighted by atomic mass is 35.5. The SMILES string of the molecule is CC(=O)N1CCC(CNc2cc(C)nc(Cl)n2)CC1. The molecule has 1 aliphatic rings. The van der Waals surface area contributed by atoms with E-state index in [2.05, 4.69) is 15.3 Å². The van der Waals surface area contributed by atoms with Gasteiger partial charge < -0.3 is 10.2 Å². The van der Waals surface area contributed by atoms with Gasteiger partial charge in [-0.2, -0.15) is 0 Å². The van der Waals surface area contributed by atoms with Crippen molar-refractivity contribution in [3.8, 4) is 0 Å². The van der Waals surface area contributed by atoms with Crippen LogP contribution in [0.15, 0.2) is 6.07 Å². The van der Waals surface area contributed by atoms with Crippen molar-refractivity contribution < 1.29 is 4.79 Å². The Labute approximate surface area is 118 Å². The van der Waals surface area contributed by atoms with E-state index in [4.69, 9.17) is 11.6 Å². The second-order valence-corrected chi connectivity index (χ2v) is 5.33. The number of hydrogen-bond donors (Lipinski definition) is 1. The molecule has 0 saturated carbocycles. The summed E-state index contributed by atoms with van der Waals surface area (Å²) in [5.41, 5.74) is 0.855. The number of likely N-dealkylation sites (tertiary alicyclic amines) is 1. The molecule has 6 heteroatoms. The van der Waals surface area contributed by atoms with Crippen molar-refractivity contribution in [2.24, 2.45) is 5.92 Å². The largest absolute Gasteiger partial charge is 0.370 e. The minimum atomic E-state index is 0.171. The summed E-state index contributed by atoms with van der Waals surface area (Å²) in [6.07, 6.45) is 2.06. The third kappa shape index (κ3) is 4.06. The van der Waals surface area contributed by atoms with Crippen LogP contribution in [0.1, 0.15) is 25.5 Å². The van der Waals surface area contributed by atoms with Crippen LogP contribution in [0.4, 0.5) is 5.82 Å². The van der Waals surface area contributed by atoms with Gasteiger partial charge in [-0.25, -0.2) is 9.97 Å². The first-order valence-corrected chi connectivity index (χ1v) is 6.93. The Morgan fingerprint density at radius 2 is 2.16 bits per heavy atom. The molecule has 1 N–H and O–H groups in total. The molecule has 0 atom stereocenters. The first kappa shape index (κ1) is 14.1. The van der Waals surface area contributed by atoms with Crippen molar-refractivity contribution in [3.05, 3.63) is 17.0 Å². The Balaban J connectivity index is 1.82. The summed E-state index contributed by atoms with van der Waals surface area (Å²) in [4.78, 5) is 21.3. The Kier molecular flexibility index (Phi) is 4.58. The summed E-state index contributed by atoms with van der Waals surface area (Å²) < 4.78 is 0. The topological polar surface area (TPSA) is 58.1 Å². The zero-order valence-electron chi connectivity index (χ0n) is 11.3. The number of carbonyl (C=O) groups excluding carboxylic acids is 1. The fraction of sp³-hybridized carbons (Fsp3) is 0.615. The Morgan fingerprint density at radius 1 is 1.47 bits per heavy atom. The van der Waals surface area contributed by atoms with Gasteiger partial charge in [0.2, 0.25) is 11.2 Å². The van der Waals surface area contributed by atoms with E-state index in [0.717, 1.165) is 44.0 Å². The van der Waals surface area contributed by atoms with E-state index >= 15 is 0 Å². The number of rotatable bonds is 3. The fourth-order valence-corrected chi connectivity index (χ4v) is 2.55. The van der Waals surface area contributed by atoms with Crippen LogP contribution in [-0.4, -0.2) is 40.4 Å². The molecule has 2 rings (SSSR count). The molecule has 1 aromatic rings. The van der Waals surface area contributed by atoms with Crippen LogP contribution in [0.25, 0.3) is 0 Å². The Bertz CT molecular complexity index is 438. The minimum absolute atomic E-state index is 0.171. The highest BCUT2D eigenvalue weighted by Gasteiger charge is 2.20. The van der Waals surface area contributed by atoms with E-state index in [1.54, 1.807) is 6.92 Å². The number of carbonyl (C=O) groups is 1. The monoisotopic (exact) mass is 282 g/mol. The van der Waals surface area contributed by atoms with Crippen molar-refractivity contribution in [1.82, 2.24) is 14.9 Å². The molecule has 0 radical (unpaired) electrons. The van der Waals surface area contributed by atoms with Crippen LogP contribution < -0.4 is 5.32 Å². The first-order chi connectivity index (χ1) is 9.04. The van der Waals surface area contributed by atoms with Crippen molar-refractivity contribution in [1.29, 1.82) is 0 Å². The van der Waals surface area contributed by atoms with Gasteiger partial charge in [0.25, 0.3) is 0 Å². The molecule has 0 bridgehead atoms. The van der Waals surface area contributed by atoms with E-state index in [0.29, 0.717) is 5.92 Å². The molecule has 1 aromatic heterocycles. The third-order valence-corrected chi connectivity index (χ3v) is 3.63. The maximum absolute atomic E-state index is 11.2. The Morgan fingerprint density at radius 3 is 2.74 bits per heavy atom. The first-order valence-electron chi connectivity index (χ1n) is 6.55. The predicted molar refractivity (Wildman–Crippen MR) is 75.2 cm³/mol. The van der Waals surface area contributed by atoms with Crippen molar-refractivity contribution in [3.63, 3.8) is 0 Å². The zero-order valence-corrected chi connectivity index (χ0v) is 12.1. The summed E-state index contributed by atoms with van der Waals surface area (Å²) in [6, 6.07) is 1.89. The van der Waals surface area contributed by atoms with Gasteiger partial charge in [0.15, 0.2) is 0 Å². The molecular formula is C13H19ClN4O. The van der Waals surface area contributed by atoms with E-state index in [-0.39, 0.29) is 11.2 Å². The van der Waals surface area contributed by atoms with Crippen LogP contribution >= 0.6 is 11.6 Å². The minimum Gasteiger partial charge on any atom is -0.370 e. The highest BCUT2D eigenvalue weighted by Crippen LogP contribution is 2.18. The van der Waals surface area contributed by atoms with Crippen LogP contribution in [0.2, 0.25) is 5.28 Å². The summed E-state index contributed by atoms with van der Waals surface area (Å²) in [5.74, 6) is 1.51. The molecule has 0 aliphatic carbocycles. The van der Waals surface area contributed by atoms with E-state index < -0.39 is 0 Å². The second-order valence-electron chi connectivity index (χ2n) is 4.99. The average Bonchev–Trinajstić information content (AvgIpc) is 2.36. The molecule has 19 heavy (non-hydrogen) atoms. The standard InChI is InChI=1S/C13H19ClN4O/c1-9-7-12(17-13(14)16-9)15-8-11-3-5-18(6-4-11)10(2)19/h7,11H,3-6,8H2,1-2H3,(H,15,16,17). The lowest BCUT2D eigenvalue weighted by Crippen LogP contribution is -2.38. The fourth-order valence-electron chi connectivity index (χ4n) is 2.32. The van der Waals surface area contributed by atoms with Crippen molar-refractivity contribution in [2.75, 3.05) is 25.0 Å². The zero-order chi connectivity index (χ0) is 13.8. The van der Waals surface area contributed by atoms with Gasteiger partial charge in [0, 0.05) is 38.3 Å². The summed E-state index contributed by atoms with van der Waals surface area (Å²) in [6.45, 7) is 6.09. The molecule has 0 unspecified atom stereocenters. The number of amides is 1. The number of halogens is 1. The van der Waals surface area contributed by atoms with Crippen LogP contribution in [0.3, 0.4) is 0 Å². The van der Waals surface area contributed by atoms with Crippen LogP contribution in [0, 0.1) is 12.8 Å². The number of aryl methyl sites for hydroxylation is 1. The molecule has 1 aliphatic heterocycles. The van der Waals surface area contributed by atoms with E-state index in [1.807, 2.05) is 17.9 Å². The van der Waals surface area contributed by atoms with Gasteiger partial charge in [0.1, 0.15) is 5.82 Å². The second kappa shape index (κ2) is 6.19. The highest BCUT2D eigenvalue weighted by molar-refractivity contribution is 6.28. The van der Waals surface area contributed by atoms with E-state index in [9.17, 15) is 4.79 Å². The molecule has 2 heterocycles. The lowest BCUT2D eigenvalue weighted by Gasteiger charge is -2.31. The number of aromatic nitrogens is 2. The maximum Gasteiger partial charge on any atom is 0.224 e. The van der Waals surface area contributed by atoms with Crippen LogP contribution in [0.5, 0.6) is 0 Å². The van der Waals surface area contributed by atoms with E-state index in [1.165, 1.54) is 0 Å². The summed E-state index contributed by atoms with van der Waals surface area (Å²) >= 11 is 5.82. The van der Waals surface area contributed by atoms with Gasteiger partial charge in [0.05, 0.1) is 0 Å². The predicted octanol–water partition coefficient (Wildman–Crippen LogP) is 2.11. The van der Waals surface area contributed by atoms with Crippen molar-refractivity contribution in [2.45, 2.75) is 26.7 Å². The Hall–Kier alpha value is -1.36. The third-order valence-electron chi connectivity index (χ3n) is 3.46. The lowest BCUT2D eigenvalue weighted by atomic mass is 9.97. The number of nitrogens with zero attached hydrogens (tertiary/aromatic N) is 3. The number of nitrogens with one attached hydrogen (secondary N) is 1. The molecular weight excluding hydrogens is 264 g/mol. The van der Waals surface area contributed by atoms with Crippen LogP contribution in [-0.2, 0) is 4.79 Å². The molecule has 5 nitrogen and oxygen atoms in total. The van der Waals surface area contributed by atoms with Gasteiger partial charge in [-0.1, -0.05) is 0 Å². The molecule has 0 spiro atoms. The average molecular weight is 283 g/mol. The number of piperidine rings is 1. The molecule has 1 saturated heterocycles. The van der Waals surface area contributed by atoms with Gasteiger partial charge in [-0.05, 0) is 37.3 Å². The molecule has 0 aromatic carbocycles. The lowest BCUT2D eigenvalue weighted by molar-refractivity contribution is -0.130. The number of hydrogen-bond acceptors (Lipinski definition) is 4. The van der Waals surface area contributed by atoms with Gasteiger partial charge >= 0.3 is 0 Å². The number of anilines is 1.